The topological polar surface area (TPSA) is 65.9 Å². The lowest BCUT2D eigenvalue weighted by molar-refractivity contribution is -0.143. The van der Waals surface area contributed by atoms with E-state index >= 15 is 0 Å². The standard InChI is InChI=1S/C21H27N3O3/c1-16-13-18(6-7-19(16)27-2)20(21(25)26)24-10-4-9-23(11-12-24)15-17-5-3-8-22-14-17/h3,5-8,13-14,20H,4,9-12,15H2,1-2H3,(H,25,26). The van der Waals surface area contributed by atoms with Crippen LogP contribution in [0.3, 0.4) is 0 Å². The monoisotopic (exact) mass is 369 g/mol. The minimum absolute atomic E-state index is 0.632. The van der Waals surface area contributed by atoms with Gasteiger partial charge in [0, 0.05) is 38.6 Å². The summed E-state index contributed by atoms with van der Waals surface area (Å²) in [5.41, 5.74) is 2.95. The number of hydrogen-bond acceptors (Lipinski definition) is 5. The molecule has 6 nitrogen and oxygen atoms in total. The van der Waals surface area contributed by atoms with Gasteiger partial charge in [0.25, 0.3) is 0 Å². The molecule has 0 radical (unpaired) electrons. The molecule has 2 aromatic rings. The van der Waals surface area contributed by atoms with E-state index in [4.69, 9.17) is 4.74 Å². The number of nitrogens with zero attached hydrogens (tertiary/aromatic N) is 3. The molecule has 0 amide bonds. The molecule has 1 saturated heterocycles. The highest BCUT2D eigenvalue weighted by Crippen LogP contribution is 2.27. The van der Waals surface area contributed by atoms with E-state index in [9.17, 15) is 9.90 Å². The van der Waals surface area contributed by atoms with Gasteiger partial charge in [0.15, 0.2) is 0 Å². The van der Waals surface area contributed by atoms with Crippen molar-refractivity contribution in [2.75, 3.05) is 33.3 Å². The predicted octanol–water partition coefficient (Wildman–Crippen LogP) is 2.73. The first-order valence-electron chi connectivity index (χ1n) is 9.31. The smallest absolute Gasteiger partial charge is 0.325 e. The maximum Gasteiger partial charge on any atom is 0.325 e. The number of benzene rings is 1. The van der Waals surface area contributed by atoms with Crippen LogP contribution in [0.15, 0.2) is 42.7 Å². The van der Waals surface area contributed by atoms with Crippen LogP contribution >= 0.6 is 0 Å². The second kappa shape index (κ2) is 8.97. The molecule has 0 aliphatic carbocycles. The molecule has 1 aliphatic rings. The van der Waals surface area contributed by atoms with Crippen LogP contribution in [-0.2, 0) is 11.3 Å². The first-order valence-corrected chi connectivity index (χ1v) is 9.31. The molecule has 0 spiro atoms. The van der Waals surface area contributed by atoms with Crippen molar-refractivity contribution < 1.29 is 14.6 Å². The summed E-state index contributed by atoms with van der Waals surface area (Å²) in [4.78, 5) is 20.7. The van der Waals surface area contributed by atoms with Gasteiger partial charge in [-0.2, -0.15) is 0 Å². The average Bonchev–Trinajstić information content (AvgIpc) is 2.88. The Hall–Kier alpha value is -2.44. The van der Waals surface area contributed by atoms with Crippen molar-refractivity contribution in [1.82, 2.24) is 14.8 Å². The van der Waals surface area contributed by atoms with E-state index in [0.717, 1.165) is 56.0 Å². The number of aromatic nitrogens is 1. The van der Waals surface area contributed by atoms with Crippen LogP contribution in [0.2, 0.25) is 0 Å². The Morgan fingerprint density at radius 2 is 2.11 bits per heavy atom. The molecule has 1 aliphatic heterocycles. The van der Waals surface area contributed by atoms with E-state index in [1.165, 1.54) is 5.56 Å². The Balaban J connectivity index is 1.71. The Bertz CT molecular complexity index is 767. The summed E-state index contributed by atoms with van der Waals surface area (Å²) in [6.45, 7) is 6.08. The molecule has 2 heterocycles. The fourth-order valence-corrected chi connectivity index (χ4v) is 3.74. The number of carbonyl (C=O) groups is 1. The van der Waals surface area contributed by atoms with Crippen molar-refractivity contribution in [3.63, 3.8) is 0 Å². The van der Waals surface area contributed by atoms with Gasteiger partial charge in [0.1, 0.15) is 11.8 Å². The van der Waals surface area contributed by atoms with Crippen molar-refractivity contribution in [3.8, 4) is 5.75 Å². The second-order valence-corrected chi connectivity index (χ2v) is 7.00. The van der Waals surface area contributed by atoms with Crippen LogP contribution < -0.4 is 4.74 Å². The number of aryl methyl sites for hydroxylation is 1. The van der Waals surface area contributed by atoms with Gasteiger partial charge >= 0.3 is 5.97 Å². The Labute approximate surface area is 160 Å². The zero-order valence-electron chi connectivity index (χ0n) is 16.0. The Morgan fingerprint density at radius 3 is 2.78 bits per heavy atom. The van der Waals surface area contributed by atoms with E-state index in [2.05, 4.69) is 20.9 Å². The van der Waals surface area contributed by atoms with Crippen LogP contribution in [0.25, 0.3) is 0 Å². The molecule has 27 heavy (non-hydrogen) atoms. The van der Waals surface area contributed by atoms with E-state index in [0.29, 0.717) is 0 Å². The lowest BCUT2D eigenvalue weighted by Gasteiger charge is -2.28. The van der Waals surface area contributed by atoms with Gasteiger partial charge in [-0.1, -0.05) is 18.2 Å². The highest BCUT2D eigenvalue weighted by molar-refractivity contribution is 5.75. The molecule has 0 saturated carbocycles. The zero-order valence-corrected chi connectivity index (χ0v) is 16.0. The number of ether oxygens (including phenoxy) is 1. The molecule has 1 unspecified atom stereocenters. The SMILES string of the molecule is COc1ccc(C(C(=O)O)N2CCCN(Cc3cccnc3)CC2)cc1C. The van der Waals surface area contributed by atoms with Gasteiger partial charge < -0.3 is 9.84 Å². The molecule has 0 bridgehead atoms. The number of aliphatic carboxylic acids is 1. The lowest BCUT2D eigenvalue weighted by Crippen LogP contribution is -2.37. The molecule has 1 atom stereocenters. The van der Waals surface area contributed by atoms with Crippen LogP contribution in [0.1, 0.15) is 29.2 Å². The molecule has 1 N–H and O–H groups in total. The number of rotatable bonds is 6. The van der Waals surface area contributed by atoms with Crippen molar-refractivity contribution in [2.24, 2.45) is 0 Å². The van der Waals surface area contributed by atoms with Gasteiger partial charge in [-0.15, -0.1) is 0 Å². The molecule has 144 valence electrons. The summed E-state index contributed by atoms with van der Waals surface area (Å²) in [7, 11) is 1.63. The van der Waals surface area contributed by atoms with Gasteiger partial charge in [-0.05, 0) is 48.7 Å². The van der Waals surface area contributed by atoms with Gasteiger partial charge in [-0.25, -0.2) is 0 Å². The van der Waals surface area contributed by atoms with Crippen LogP contribution in [0, 0.1) is 6.92 Å². The minimum atomic E-state index is -0.805. The second-order valence-electron chi connectivity index (χ2n) is 7.00. The van der Waals surface area contributed by atoms with E-state index in [1.54, 1.807) is 13.3 Å². The highest BCUT2D eigenvalue weighted by Gasteiger charge is 2.29. The lowest BCUT2D eigenvalue weighted by atomic mass is 10.0. The molecule has 1 aromatic carbocycles. The first-order chi connectivity index (χ1) is 13.1. The maximum absolute atomic E-state index is 12.1. The molecule has 1 aromatic heterocycles. The normalized spacial score (nSPS) is 17.3. The highest BCUT2D eigenvalue weighted by atomic mass is 16.5. The summed E-state index contributed by atoms with van der Waals surface area (Å²) in [6.07, 6.45) is 4.62. The molecule has 6 heteroatoms. The van der Waals surface area contributed by atoms with Crippen molar-refractivity contribution >= 4 is 5.97 Å². The third-order valence-corrected chi connectivity index (χ3v) is 5.09. The predicted molar refractivity (Wildman–Crippen MR) is 104 cm³/mol. The molecule has 1 fully saturated rings. The van der Waals surface area contributed by atoms with Gasteiger partial charge in [0.2, 0.25) is 0 Å². The molecule has 3 rings (SSSR count). The van der Waals surface area contributed by atoms with Gasteiger partial charge in [0.05, 0.1) is 7.11 Å². The minimum Gasteiger partial charge on any atom is -0.496 e. The van der Waals surface area contributed by atoms with E-state index in [-0.39, 0.29) is 0 Å². The quantitative estimate of drug-likeness (QED) is 0.845. The zero-order chi connectivity index (χ0) is 19.2. The number of carboxylic acid groups (broad SMARTS) is 1. The number of hydrogen-bond donors (Lipinski definition) is 1. The summed E-state index contributed by atoms with van der Waals surface area (Å²) >= 11 is 0. The fraction of sp³-hybridized carbons (Fsp3) is 0.429. The summed E-state index contributed by atoms with van der Waals surface area (Å²) < 4.78 is 5.30. The van der Waals surface area contributed by atoms with Crippen LogP contribution in [0.5, 0.6) is 5.75 Å². The van der Waals surface area contributed by atoms with Gasteiger partial charge in [-0.3, -0.25) is 19.6 Å². The van der Waals surface area contributed by atoms with E-state index in [1.807, 2.05) is 37.4 Å². The van der Waals surface area contributed by atoms with Crippen LogP contribution in [-0.4, -0.2) is 59.1 Å². The summed E-state index contributed by atoms with van der Waals surface area (Å²) in [5.74, 6) is -0.0262. The van der Waals surface area contributed by atoms with Crippen molar-refractivity contribution in [3.05, 3.63) is 59.4 Å². The van der Waals surface area contributed by atoms with Crippen LogP contribution in [0.4, 0.5) is 0 Å². The molecular formula is C21H27N3O3. The fourth-order valence-electron chi connectivity index (χ4n) is 3.74. The number of pyridine rings is 1. The average molecular weight is 369 g/mol. The van der Waals surface area contributed by atoms with E-state index < -0.39 is 12.0 Å². The third kappa shape index (κ3) is 4.84. The summed E-state index contributed by atoms with van der Waals surface area (Å²) in [6, 6.07) is 9.04. The summed E-state index contributed by atoms with van der Waals surface area (Å²) in [5, 5.41) is 9.89. The number of methoxy groups -OCH3 is 1. The Kier molecular flexibility index (Phi) is 6.42. The number of carboxylic acids is 1. The van der Waals surface area contributed by atoms with Crippen molar-refractivity contribution in [1.29, 1.82) is 0 Å². The van der Waals surface area contributed by atoms with Crippen molar-refractivity contribution in [2.45, 2.75) is 25.9 Å². The first kappa shape index (κ1) is 19.3. The maximum atomic E-state index is 12.1. The third-order valence-electron chi connectivity index (χ3n) is 5.09. The molecular weight excluding hydrogens is 342 g/mol. The largest absolute Gasteiger partial charge is 0.496 e. The Morgan fingerprint density at radius 1 is 1.26 bits per heavy atom.